The fourth-order valence-electron chi connectivity index (χ4n) is 1.37. The average Bonchev–Trinajstić information content (AvgIpc) is 2.70. The van der Waals surface area contributed by atoms with Crippen LogP contribution in [0, 0.1) is 6.92 Å². The Balaban J connectivity index is 2.03. The molecular formula is C11H9Cl2N3O2. The second-order valence-corrected chi connectivity index (χ2v) is 4.39. The SMILES string of the molecule is Cc1cc(CNC(=O)c2cc(Cl)nc(Cl)c2)no1. The summed E-state index contributed by atoms with van der Waals surface area (Å²) < 4.78 is 4.89. The van der Waals surface area contributed by atoms with Gasteiger partial charge in [-0.15, -0.1) is 0 Å². The molecule has 0 bridgehead atoms. The average molecular weight is 286 g/mol. The van der Waals surface area contributed by atoms with Crippen LogP contribution < -0.4 is 5.32 Å². The maximum Gasteiger partial charge on any atom is 0.251 e. The van der Waals surface area contributed by atoms with Crippen LogP contribution in [-0.4, -0.2) is 16.0 Å². The Morgan fingerprint density at radius 1 is 1.33 bits per heavy atom. The highest BCUT2D eigenvalue weighted by atomic mass is 35.5. The number of aromatic nitrogens is 2. The van der Waals surface area contributed by atoms with Gasteiger partial charge in [-0.25, -0.2) is 4.98 Å². The minimum absolute atomic E-state index is 0.171. The first kappa shape index (κ1) is 12.9. The molecule has 2 rings (SSSR count). The summed E-state index contributed by atoms with van der Waals surface area (Å²) in [4.78, 5) is 15.6. The van der Waals surface area contributed by atoms with Crippen molar-refractivity contribution in [1.82, 2.24) is 15.5 Å². The van der Waals surface area contributed by atoms with Gasteiger partial charge in [0.05, 0.1) is 6.54 Å². The fourth-order valence-corrected chi connectivity index (χ4v) is 1.83. The van der Waals surface area contributed by atoms with Crippen LogP contribution in [-0.2, 0) is 6.54 Å². The molecule has 0 saturated carbocycles. The highest BCUT2D eigenvalue weighted by Gasteiger charge is 2.09. The summed E-state index contributed by atoms with van der Waals surface area (Å²) in [7, 11) is 0. The summed E-state index contributed by atoms with van der Waals surface area (Å²) in [5, 5.41) is 6.78. The van der Waals surface area contributed by atoms with Crippen LogP contribution in [0.2, 0.25) is 10.3 Å². The van der Waals surface area contributed by atoms with E-state index in [1.807, 2.05) is 0 Å². The third-order valence-electron chi connectivity index (χ3n) is 2.13. The second kappa shape index (κ2) is 5.37. The monoisotopic (exact) mass is 285 g/mol. The van der Waals surface area contributed by atoms with Gasteiger partial charge in [0.25, 0.3) is 5.91 Å². The summed E-state index contributed by atoms with van der Waals surface area (Å²) in [6.45, 7) is 2.05. The number of rotatable bonds is 3. The van der Waals surface area contributed by atoms with Crippen LogP contribution in [0.1, 0.15) is 21.8 Å². The van der Waals surface area contributed by atoms with Crippen LogP contribution in [0.5, 0.6) is 0 Å². The molecule has 0 radical (unpaired) electrons. The summed E-state index contributed by atoms with van der Waals surface area (Å²) in [5.74, 6) is 0.385. The first-order valence-corrected chi connectivity index (χ1v) is 5.83. The molecule has 0 aliphatic heterocycles. The van der Waals surface area contributed by atoms with Crippen LogP contribution >= 0.6 is 23.2 Å². The molecule has 0 fully saturated rings. The Labute approximate surface area is 113 Å². The number of aryl methyl sites for hydroxylation is 1. The number of hydrogen-bond acceptors (Lipinski definition) is 4. The lowest BCUT2D eigenvalue weighted by atomic mass is 10.2. The van der Waals surface area contributed by atoms with E-state index in [1.54, 1.807) is 13.0 Å². The van der Waals surface area contributed by atoms with Crippen LogP contribution in [0.4, 0.5) is 0 Å². The standard InChI is InChI=1S/C11H9Cl2N3O2/c1-6-2-8(16-18-6)5-14-11(17)7-3-9(12)15-10(13)4-7/h2-4H,5H2,1H3,(H,14,17). The van der Waals surface area contributed by atoms with Crippen molar-refractivity contribution in [2.75, 3.05) is 0 Å². The van der Waals surface area contributed by atoms with E-state index < -0.39 is 0 Å². The molecule has 5 nitrogen and oxygen atoms in total. The van der Waals surface area contributed by atoms with Gasteiger partial charge in [-0.1, -0.05) is 28.4 Å². The van der Waals surface area contributed by atoms with E-state index in [0.29, 0.717) is 17.0 Å². The number of nitrogens with zero attached hydrogens (tertiary/aromatic N) is 2. The predicted molar refractivity (Wildman–Crippen MR) is 66.7 cm³/mol. The van der Waals surface area contributed by atoms with Crippen molar-refractivity contribution in [2.24, 2.45) is 0 Å². The maximum absolute atomic E-state index is 11.8. The Hall–Kier alpha value is -1.59. The summed E-state index contributed by atoms with van der Waals surface area (Å²) in [6.07, 6.45) is 0. The minimum Gasteiger partial charge on any atom is -0.361 e. The van der Waals surface area contributed by atoms with Crippen molar-refractivity contribution in [3.63, 3.8) is 0 Å². The molecule has 1 N–H and O–H groups in total. The zero-order valence-corrected chi connectivity index (χ0v) is 10.9. The smallest absolute Gasteiger partial charge is 0.251 e. The number of hydrogen-bond donors (Lipinski definition) is 1. The van der Waals surface area contributed by atoms with Crippen molar-refractivity contribution in [2.45, 2.75) is 13.5 Å². The van der Waals surface area contributed by atoms with Crippen LogP contribution in [0.25, 0.3) is 0 Å². The Bertz CT molecular complexity index is 563. The van der Waals surface area contributed by atoms with E-state index in [4.69, 9.17) is 27.7 Å². The lowest BCUT2D eigenvalue weighted by molar-refractivity contribution is 0.0950. The lowest BCUT2D eigenvalue weighted by Crippen LogP contribution is -2.23. The number of nitrogens with one attached hydrogen (secondary N) is 1. The maximum atomic E-state index is 11.8. The van der Waals surface area contributed by atoms with Crippen LogP contribution in [0.15, 0.2) is 22.7 Å². The quantitative estimate of drug-likeness (QED) is 0.881. The molecular weight excluding hydrogens is 277 g/mol. The van der Waals surface area contributed by atoms with E-state index in [0.717, 1.165) is 0 Å². The van der Waals surface area contributed by atoms with Gasteiger partial charge in [0.15, 0.2) is 0 Å². The van der Waals surface area contributed by atoms with Gasteiger partial charge < -0.3 is 9.84 Å². The predicted octanol–water partition coefficient (Wildman–Crippen LogP) is 2.61. The number of amides is 1. The largest absolute Gasteiger partial charge is 0.361 e. The molecule has 7 heteroatoms. The Morgan fingerprint density at radius 3 is 2.56 bits per heavy atom. The third kappa shape index (κ3) is 3.21. The molecule has 2 heterocycles. The van der Waals surface area contributed by atoms with E-state index in [-0.39, 0.29) is 22.8 Å². The minimum atomic E-state index is -0.304. The van der Waals surface area contributed by atoms with Crippen molar-refractivity contribution in [1.29, 1.82) is 0 Å². The van der Waals surface area contributed by atoms with Crippen LogP contribution in [0.3, 0.4) is 0 Å². The Morgan fingerprint density at radius 2 is 2.00 bits per heavy atom. The molecule has 0 saturated heterocycles. The molecule has 18 heavy (non-hydrogen) atoms. The van der Waals surface area contributed by atoms with Gasteiger partial charge in [0.2, 0.25) is 0 Å². The highest BCUT2D eigenvalue weighted by molar-refractivity contribution is 6.33. The molecule has 0 spiro atoms. The van der Waals surface area contributed by atoms with Gasteiger partial charge in [0.1, 0.15) is 21.8 Å². The van der Waals surface area contributed by atoms with Crippen molar-refractivity contribution < 1.29 is 9.32 Å². The summed E-state index contributed by atoms with van der Waals surface area (Å²) >= 11 is 11.4. The van der Waals surface area contributed by atoms with E-state index in [1.165, 1.54) is 12.1 Å². The second-order valence-electron chi connectivity index (χ2n) is 3.61. The molecule has 2 aromatic heterocycles. The molecule has 0 aromatic carbocycles. The number of carbonyl (C=O) groups excluding carboxylic acids is 1. The van der Waals surface area contributed by atoms with Crippen molar-refractivity contribution >= 4 is 29.1 Å². The molecule has 0 atom stereocenters. The number of halogens is 2. The van der Waals surface area contributed by atoms with Crippen molar-refractivity contribution in [3.05, 3.63) is 45.5 Å². The van der Waals surface area contributed by atoms with E-state index in [2.05, 4.69) is 15.5 Å². The molecule has 1 amide bonds. The van der Waals surface area contributed by atoms with Gasteiger partial charge in [-0.3, -0.25) is 4.79 Å². The number of pyridine rings is 1. The summed E-state index contributed by atoms with van der Waals surface area (Å²) in [5.41, 5.74) is 0.993. The zero-order chi connectivity index (χ0) is 13.1. The van der Waals surface area contributed by atoms with Gasteiger partial charge in [-0.05, 0) is 19.1 Å². The van der Waals surface area contributed by atoms with Gasteiger partial charge in [-0.2, -0.15) is 0 Å². The zero-order valence-electron chi connectivity index (χ0n) is 9.41. The molecule has 0 aliphatic carbocycles. The van der Waals surface area contributed by atoms with Gasteiger partial charge >= 0.3 is 0 Å². The Kier molecular flexibility index (Phi) is 3.84. The fraction of sp³-hybridized carbons (Fsp3) is 0.182. The van der Waals surface area contributed by atoms with Crippen molar-refractivity contribution in [3.8, 4) is 0 Å². The first-order valence-electron chi connectivity index (χ1n) is 5.08. The molecule has 0 unspecified atom stereocenters. The molecule has 2 aromatic rings. The lowest BCUT2D eigenvalue weighted by Gasteiger charge is -2.03. The topological polar surface area (TPSA) is 68.0 Å². The highest BCUT2D eigenvalue weighted by Crippen LogP contribution is 2.14. The van der Waals surface area contributed by atoms with E-state index in [9.17, 15) is 4.79 Å². The number of carbonyl (C=O) groups is 1. The molecule has 94 valence electrons. The summed E-state index contributed by atoms with van der Waals surface area (Å²) in [6, 6.07) is 4.63. The normalized spacial score (nSPS) is 10.4. The molecule has 0 aliphatic rings. The van der Waals surface area contributed by atoms with Gasteiger partial charge in [0, 0.05) is 11.6 Å². The first-order chi connectivity index (χ1) is 8.54. The van der Waals surface area contributed by atoms with E-state index >= 15 is 0 Å². The third-order valence-corrected chi connectivity index (χ3v) is 2.52.